The van der Waals surface area contributed by atoms with Gasteiger partial charge < -0.3 is 10.4 Å². The first kappa shape index (κ1) is 14.4. The quantitative estimate of drug-likeness (QED) is 0.424. The van der Waals surface area contributed by atoms with Crippen LogP contribution < -0.4 is 5.32 Å². The number of aliphatic hydroxyl groups is 1. The standard InChI is InChI=1S/C13H20N2O3/c1-11-6-7-13(15(17)18)12(10-11)14-8-4-2-3-5-9-16/h6-7,10,14,16H,2-5,8-9H2,1H3. The van der Waals surface area contributed by atoms with Crippen molar-refractivity contribution in [1.82, 2.24) is 0 Å². The van der Waals surface area contributed by atoms with E-state index in [0.717, 1.165) is 37.8 Å². The molecular formula is C13H20N2O3. The number of aryl methyl sites for hydroxylation is 1. The molecule has 0 aromatic heterocycles. The lowest BCUT2D eigenvalue weighted by molar-refractivity contribution is -0.384. The van der Waals surface area contributed by atoms with Crippen molar-refractivity contribution in [3.63, 3.8) is 0 Å². The summed E-state index contributed by atoms with van der Waals surface area (Å²) < 4.78 is 0. The lowest BCUT2D eigenvalue weighted by Crippen LogP contribution is -2.04. The first-order valence-corrected chi connectivity index (χ1v) is 6.25. The van der Waals surface area contributed by atoms with Crippen LogP contribution in [0.25, 0.3) is 0 Å². The number of unbranched alkanes of at least 4 members (excludes halogenated alkanes) is 3. The van der Waals surface area contributed by atoms with Gasteiger partial charge in [-0.25, -0.2) is 0 Å². The van der Waals surface area contributed by atoms with Crippen LogP contribution in [0.2, 0.25) is 0 Å². The second-order valence-electron chi connectivity index (χ2n) is 4.34. The molecule has 0 fully saturated rings. The Bertz CT molecular complexity index is 394. The number of aliphatic hydroxyl groups excluding tert-OH is 1. The maximum absolute atomic E-state index is 10.8. The van der Waals surface area contributed by atoms with Gasteiger partial charge in [0.25, 0.3) is 5.69 Å². The zero-order chi connectivity index (χ0) is 13.4. The summed E-state index contributed by atoms with van der Waals surface area (Å²) in [6.45, 7) is 2.86. The molecule has 0 saturated carbocycles. The van der Waals surface area contributed by atoms with Gasteiger partial charge in [-0.3, -0.25) is 10.1 Å². The molecule has 0 aliphatic carbocycles. The van der Waals surface area contributed by atoms with Crippen LogP contribution in [0.1, 0.15) is 31.2 Å². The van der Waals surface area contributed by atoms with Crippen LogP contribution in [0.15, 0.2) is 18.2 Å². The number of nitrogens with one attached hydrogen (secondary N) is 1. The van der Waals surface area contributed by atoms with Gasteiger partial charge in [0.1, 0.15) is 5.69 Å². The van der Waals surface area contributed by atoms with Gasteiger partial charge in [0.2, 0.25) is 0 Å². The highest BCUT2D eigenvalue weighted by Crippen LogP contribution is 2.25. The van der Waals surface area contributed by atoms with Gasteiger partial charge in [-0.1, -0.05) is 18.9 Å². The molecule has 0 aliphatic heterocycles. The second kappa shape index (κ2) is 7.66. The number of anilines is 1. The van der Waals surface area contributed by atoms with Crippen LogP contribution in [0, 0.1) is 17.0 Å². The summed E-state index contributed by atoms with van der Waals surface area (Å²) in [7, 11) is 0. The molecule has 0 unspecified atom stereocenters. The summed E-state index contributed by atoms with van der Waals surface area (Å²) >= 11 is 0. The van der Waals surface area contributed by atoms with Gasteiger partial charge in [-0.2, -0.15) is 0 Å². The fourth-order valence-electron chi connectivity index (χ4n) is 1.76. The van der Waals surface area contributed by atoms with Gasteiger partial charge in [0, 0.05) is 19.2 Å². The molecule has 2 N–H and O–H groups in total. The number of hydrogen-bond donors (Lipinski definition) is 2. The zero-order valence-electron chi connectivity index (χ0n) is 10.7. The number of nitrogens with zero attached hydrogens (tertiary/aromatic N) is 1. The van der Waals surface area contributed by atoms with Gasteiger partial charge >= 0.3 is 0 Å². The van der Waals surface area contributed by atoms with Crippen LogP contribution in [-0.4, -0.2) is 23.2 Å². The molecule has 0 bridgehead atoms. The molecule has 5 heteroatoms. The first-order valence-electron chi connectivity index (χ1n) is 6.25. The predicted molar refractivity (Wildman–Crippen MR) is 71.9 cm³/mol. The molecule has 18 heavy (non-hydrogen) atoms. The van der Waals surface area contributed by atoms with Crippen molar-refractivity contribution in [2.24, 2.45) is 0 Å². The van der Waals surface area contributed by atoms with E-state index in [2.05, 4.69) is 5.32 Å². The molecule has 1 rings (SSSR count). The minimum atomic E-state index is -0.368. The van der Waals surface area contributed by atoms with Crippen LogP contribution in [0.4, 0.5) is 11.4 Å². The lowest BCUT2D eigenvalue weighted by Gasteiger charge is -2.07. The lowest BCUT2D eigenvalue weighted by atomic mass is 10.1. The summed E-state index contributed by atoms with van der Waals surface area (Å²) in [5, 5.41) is 22.6. The van der Waals surface area contributed by atoms with E-state index >= 15 is 0 Å². The largest absolute Gasteiger partial charge is 0.396 e. The highest BCUT2D eigenvalue weighted by molar-refractivity contribution is 5.62. The van der Waals surface area contributed by atoms with Crippen molar-refractivity contribution in [3.8, 4) is 0 Å². The molecule has 0 saturated heterocycles. The summed E-state index contributed by atoms with van der Waals surface area (Å²) in [5.41, 5.74) is 1.71. The number of nitro groups is 1. The van der Waals surface area contributed by atoms with E-state index in [0.29, 0.717) is 5.69 Å². The van der Waals surface area contributed by atoms with Crippen LogP contribution in [0.3, 0.4) is 0 Å². The normalized spacial score (nSPS) is 10.3. The van der Waals surface area contributed by atoms with Crippen molar-refractivity contribution in [3.05, 3.63) is 33.9 Å². The maximum Gasteiger partial charge on any atom is 0.292 e. The van der Waals surface area contributed by atoms with Crippen molar-refractivity contribution in [2.75, 3.05) is 18.5 Å². The minimum absolute atomic E-state index is 0.121. The van der Waals surface area contributed by atoms with E-state index in [-0.39, 0.29) is 17.2 Å². The number of nitro benzene ring substituents is 1. The Morgan fingerprint density at radius 2 is 2.00 bits per heavy atom. The Kier molecular flexibility index (Phi) is 6.14. The number of hydrogen-bond acceptors (Lipinski definition) is 4. The summed E-state index contributed by atoms with van der Waals surface area (Å²) in [5.74, 6) is 0. The Hall–Kier alpha value is -1.62. The van der Waals surface area contributed by atoms with Gasteiger partial charge in [0.15, 0.2) is 0 Å². The summed E-state index contributed by atoms with van der Waals surface area (Å²) in [6, 6.07) is 5.07. The molecule has 5 nitrogen and oxygen atoms in total. The monoisotopic (exact) mass is 252 g/mol. The fraction of sp³-hybridized carbons (Fsp3) is 0.538. The average molecular weight is 252 g/mol. The van der Waals surface area contributed by atoms with Crippen molar-refractivity contribution in [1.29, 1.82) is 0 Å². The molecule has 0 atom stereocenters. The van der Waals surface area contributed by atoms with E-state index in [4.69, 9.17) is 5.11 Å². The third kappa shape index (κ3) is 4.71. The van der Waals surface area contributed by atoms with Gasteiger partial charge in [-0.15, -0.1) is 0 Å². The SMILES string of the molecule is Cc1ccc([N+](=O)[O-])c(NCCCCCCO)c1. The van der Waals surface area contributed by atoms with E-state index in [9.17, 15) is 10.1 Å². The molecule has 100 valence electrons. The van der Waals surface area contributed by atoms with Gasteiger partial charge in [0.05, 0.1) is 4.92 Å². The topological polar surface area (TPSA) is 75.4 Å². The Morgan fingerprint density at radius 3 is 2.67 bits per heavy atom. The second-order valence-corrected chi connectivity index (χ2v) is 4.34. The molecule has 1 aromatic carbocycles. The average Bonchev–Trinajstić information content (AvgIpc) is 2.33. The molecule has 0 spiro atoms. The van der Waals surface area contributed by atoms with E-state index in [1.165, 1.54) is 6.07 Å². The minimum Gasteiger partial charge on any atom is -0.396 e. The molecule has 1 aromatic rings. The zero-order valence-corrected chi connectivity index (χ0v) is 10.7. The Balaban J connectivity index is 2.45. The Morgan fingerprint density at radius 1 is 1.28 bits per heavy atom. The molecule has 0 aliphatic rings. The van der Waals surface area contributed by atoms with Crippen molar-refractivity contribution < 1.29 is 10.0 Å². The van der Waals surface area contributed by atoms with Crippen molar-refractivity contribution in [2.45, 2.75) is 32.6 Å². The van der Waals surface area contributed by atoms with Crippen molar-refractivity contribution >= 4 is 11.4 Å². The van der Waals surface area contributed by atoms with E-state index < -0.39 is 0 Å². The molecule has 0 heterocycles. The molecule has 0 radical (unpaired) electrons. The van der Waals surface area contributed by atoms with Crippen LogP contribution in [-0.2, 0) is 0 Å². The van der Waals surface area contributed by atoms with Gasteiger partial charge in [-0.05, 0) is 31.4 Å². The molecular weight excluding hydrogens is 232 g/mol. The third-order valence-electron chi connectivity index (χ3n) is 2.75. The number of rotatable bonds is 8. The van der Waals surface area contributed by atoms with Crippen LogP contribution >= 0.6 is 0 Å². The summed E-state index contributed by atoms with van der Waals surface area (Å²) in [4.78, 5) is 10.5. The number of benzene rings is 1. The fourth-order valence-corrected chi connectivity index (χ4v) is 1.76. The van der Waals surface area contributed by atoms with Crippen LogP contribution in [0.5, 0.6) is 0 Å². The smallest absolute Gasteiger partial charge is 0.292 e. The highest BCUT2D eigenvalue weighted by atomic mass is 16.6. The van der Waals surface area contributed by atoms with E-state index in [1.54, 1.807) is 12.1 Å². The maximum atomic E-state index is 10.8. The van der Waals surface area contributed by atoms with E-state index in [1.807, 2.05) is 6.92 Å². The highest BCUT2D eigenvalue weighted by Gasteiger charge is 2.12. The predicted octanol–water partition coefficient (Wildman–Crippen LogP) is 2.87. The Labute approximate surface area is 107 Å². The first-order chi connectivity index (χ1) is 8.65. The summed E-state index contributed by atoms with van der Waals surface area (Å²) in [6.07, 6.45) is 3.79. The third-order valence-corrected chi connectivity index (χ3v) is 2.75. The molecule has 0 amide bonds.